The standard InChI is InChI=1S/C28H46Cl3N3O2S/c1-3-4-5-6-7-8-9-10-11-12-13-14-15-16-17-22-25(35)33-26(28(29,30)31)34-27(37)32-23-20-18-19-21-24(23)36-2/h18-21,26H,3-17,22H2,1-2H3,(H,33,35)(H2,32,34,37)/t26-/m0/s1. The number of benzene rings is 1. The molecule has 0 aliphatic carbocycles. The molecular formula is C28H46Cl3N3O2S. The number of carbonyl (C=O) groups is 1. The maximum absolute atomic E-state index is 12.5. The average Bonchev–Trinajstić information content (AvgIpc) is 2.85. The Morgan fingerprint density at radius 1 is 0.838 bits per heavy atom. The number of halogens is 3. The first-order chi connectivity index (χ1) is 17.8. The lowest BCUT2D eigenvalue weighted by atomic mass is 10.0. The summed E-state index contributed by atoms with van der Waals surface area (Å²) in [6, 6.07) is 7.31. The SMILES string of the molecule is CCCCCCCCCCCCCCCCCC(=O)N[C@@H](NC(=S)Nc1ccccc1OC)C(Cl)(Cl)Cl. The molecule has 0 bridgehead atoms. The van der Waals surface area contributed by atoms with Crippen LogP contribution in [0.5, 0.6) is 5.75 Å². The van der Waals surface area contributed by atoms with E-state index in [2.05, 4.69) is 22.9 Å². The molecule has 0 unspecified atom stereocenters. The van der Waals surface area contributed by atoms with Gasteiger partial charge in [0.1, 0.15) is 11.9 Å². The summed E-state index contributed by atoms with van der Waals surface area (Å²) in [6.07, 6.45) is 18.6. The normalized spacial score (nSPS) is 12.1. The van der Waals surface area contributed by atoms with Crippen molar-refractivity contribution in [2.75, 3.05) is 12.4 Å². The molecule has 1 amide bonds. The van der Waals surface area contributed by atoms with Crippen LogP contribution < -0.4 is 20.7 Å². The van der Waals surface area contributed by atoms with Crippen LogP contribution in [0.25, 0.3) is 0 Å². The first kappa shape index (κ1) is 34.1. The summed E-state index contributed by atoms with van der Waals surface area (Å²) in [5, 5.41) is 8.83. The molecular weight excluding hydrogens is 549 g/mol. The topological polar surface area (TPSA) is 62.4 Å². The molecule has 1 rings (SSSR count). The van der Waals surface area contributed by atoms with Crippen LogP contribution in [-0.4, -0.2) is 28.1 Å². The fourth-order valence-electron chi connectivity index (χ4n) is 4.13. The van der Waals surface area contributed by atoms with Gasteiger partial charge >= 0.3 is 0 Å². The Morgan fingerprint density at radius 3 is 1.81 bits per heavy atom. The van der Waals surface area contributed by atoms with Gasteiger partial charge in [-0.05, 0) is 30.8 Å². The molecule has 9 heteroatoms. The summed E-state index contributed by atoms with van der Waals surface area (Å²) in [4.78, 5) is 12.5. The van der Waals surface area contributed by atoms with Gasteiger partial charge in [0.25, 0.3) is 0 Å². The van der Waals surface area contributed by atoms with Crippen LogP contribution in [0.2, 0.25) is 0 Å². The summed E-state index contributed by atoms with van der Waals surface area (Å²) in [7, 11) is 1.57. The highest BCUT2D eigenvalue weighted by Crippen LogP contribution is 2.29. The largest absolute Gasteiger partial charge is 0.495 e. The van der Waals surface area contributed by atoms with Gasteiger partial charge in [-0.3, -0.25) is 4.79 Å². The molecule has 212 valence electrons. The van der Waals surface area contributed by atoms with E-state index in [4.69, 9.17) is 51.8 Å². The first-order valence-electron chi connectivity index (χ1n) is 13.8. The van der Waals surface area contributed by atoms with Crippen molar-refractivity contribution in [3.63, 3.8) is 0 Å². The molecule has 0 radical (unpaired) electrons. The van der Waals surface area contributed by atoms with Crippen molar-refractivity contribution < 1.29 is 9.53 Å². The maximum atomic E-state index is 12.5. The number of amides is 1. The number of rotatable bonds is 20. The summed E-state index contributed by atoms with van der Waals surface area (Å²) in [5.41, 5.74) is 0.662. The Labute approximate surface area is 245 Å². The highest BCUT2D eigenvalue weighted by atomic mass is 35.6. The maximum Gasteiger partial charge on any atom is 0.228 e. The van der Waals surface area contributed by atoms with Crippen molar-refractivity contribution in [2.24, 2.45) is 0 Å². The van der Waals surface area contributed by atoms with E-state index in [0.717, 1.165) is 19.3 Å². The molecule has 0 aliphatic rings. The van der Waals surface area contributed by atoms with Crippen molar-refractivity contribution >= 4 is 63.7 Å². The second-order valence-electron chi connectivity index (χ2n) is 9.54. The number of hydrogen-bond acceptors (Lipinski definition) is 3. The lowest BCUT2D eigenvalue weighted by Crippen LogP contribution is -2.56. The molecule has 0 heterocycles. The van der Waals surface area contributed by atoms with Gasteiger partial charge in [-0.1, -0.05) is 144 Å². The zero-order chi connectivity index (χ0) is 27.4. The highest BCUT2D eigenvalue weighted by Gasteiger charge is 2.34. The van der Waals surface area contributed by atoms with Gasteiger partial charge in [-0.25, -0.2) is 0 Å². The number of carbonyl (C=O) groups excluding carboxylic acids is 1. The van der Waals surface area contributed by atoms with E-state index in [1.54, 1.807) is 13.2 Å². The van der Waals surface area contributed by atoms with Crippen molar-refractivity contribution in [2.45, 2.75) is 120 Å². The van der Waals surface area contributed by atoms with Crippen molar-refractivity contribution in [3.05, 3.63) is 24.3 Å². The van der Waals surface area contributed by atoms with Crippen LogP contribution >= 0.6 is 47.0 Å². The molecule has 1 atom stereocenters. The predicted molar refractivity (Wildman–Crippen MR) is 164 cm³/mol. The van der Waals surface area contributed by atoms with Crippen LogP contribution in [0, 0.1) is 0 Å². The predicted octanol–water partition coefficient (Wildman–Crippen LogP) is 9.06. The number of alkyl halides is 3. The Morgan fingerprint density at radius 2 is 1.32 bits per heavy atom. The number of para-hydroxylation sites is 2. The number of ether oxygens (including phenoxy) is 1. The minimum absolute atomic E-state index is 0.182. The van der Waals surface area contributed by atoms with Crippen molar-refractivity contribution in [1.29, 1.82) is 0 Å². The fourth-order valence-corrected chi connectivity index (χ4v) is 4.68. The van der Waals surface area contributed by atoms with E-state index >= 15 is 0 Å². The van der Waals surface area contributed by atoms with E-state index in [1.165, 1.54) is 77.0 Å². The number of nitrogens with one attached hydrogen (secondary N) is 3. The third kappa shape index (κ3) is 17.3. The summed E-state index contributed by atoms with van der Waals surface area (Å²) in [6.45, 7) is 2.26. The number of hydrogen-bond donors (Lipinski definition) is 3. The van der Waals surface area contributed by atoms with Crippen LogP contribution in [0.1, 0.15) is 110 Å². The average molecular weight is 595 g/mol. The lowest BCUT2D eigenvalue weighted by Gasteiger charge is -2.28. The van der Waals surface area contributed by atoms with Crippen LogP contribution in [0.4, 0.5) is 5.69 Å². The monoisotopic (exact) mass is 593 g/mol. The van der Waals surface area contributed by atoms with Crippen molar-refractivity contribution in [1.82, 2.24) is 10.6 Å². The van der Waals surface area contributed by atoms with Gasteiger partial charge in [-0.2, -0.15) is 0 Å². The molecule has 0 saturated carbocycles. The number of thiocarbonyl (C=S) groups is 1. The molecule has 37 heavy (non-hydrogen) atoms. The number of unbranched alkanes of at least 4 members (excludes halogenated alkanes) is 14. The van der Waals surface area contributed by atoms with E-state index < -0.39 is 9.96 Å². The third-order valence-electron chi connectivity index (χ3n) is 6.27. The smallest absolute Gasteiger partial charge is 0.228 e. The van der Waals surface area contributed by atoms with Crippen molar-refractivity contribution in [3.8, 4) is 5.75 Å². The van der Waals surface area contributed by atoms with E-state index in [1.807, 2.05) is 18.2 Å². The van der Waals surface area contributed by atoms with Crippen LogP contribution in [0.15, 0.2) is 24.3 Å². The van der Waals surface area contributed by atoms with Crippen LogP contribution in [-0.2, 0) is 4.79 Å². The van der Waals surface area contributed by atoms with E-state index in [-0.39, 0.29) is 11.0 Å². The van der Waals surface area contributed by atoms with Crippen LogP contribution in [0.3, 0.4) is 0 Å². The Hall–Kier alpha value is -0.950. The number of methoxy groups -OCH3 is 1. The fraction of sp³-hybridized carbons (Fsp3) is 0.714. The van der Waals surface area contributed by atoms with E-state index in [9.17, 15) is 4.79 Å². The minimum Gasteiger partial charge on any atom is -0.495 e. The van der Waals surface area contributed by atoms with Gasteiger partial charge in [0.2, 0.25) is 9.70 Å². The minimum atomic E-state index is -1.78. The quantitative estimate of drug-likeness (QED) is 0.0608. The Kier molecular flexibility index (Phi) is 19.3. The molecule has 1 aromatic carbocycles. The molecule has 3 N–H and O–H groups in total. The Bertz CT molecular complexity index is 762. The molecule has 0 aliphatic heterocycles. The molecule has 5 nitrogen and oxygen atoms in total. The van der Waals surface area contributed by atoms with Gasteiger partial charge in [0.15, 0.2) is 5.11 Å². The van der Waals surface area contributed by atoms with Gasteiger partial charge in [0.05, 0.1) is 12.8 Å². The highest BCUT2D eigenvalue weighted by molar-refractivity contribution is 7.80. The zero-order valence-corrected chi connectivity index (χ0v) is 25.6. The molecule has 1 aromatic rings. The molecule has 0 aromatic heterocycles. The molecule has 0 spiro atoms. The molecule has 0 saturated heterocycles. The third-order valence-corrected chi connectivity index (χ3v) is 7.15. The first-order valence-corrected chi connectivity index (χ1v) is 15.4. The van der Waals surface area contributed by atoms with E-state index in [0.29, 0.717) is 17.9 Å². The second-order valence-corrected chi connectivity index (χ2v) is 12.3. The Balaban J connectivity index is 2.16. The van der Waals surface area contributed by atoms with Gasteiger partial charge < -0.3 is 20.7 Å². The second kappa shape index (κ2) is 20.9. The number of anilines is 1. The zero-order valence-electron chi connectivity index (χ0n) is 22.6. The molecule has 0 fully saturated rings. The summed E-state index contributed by atoms with van der Waals surface area (Å²) in [5.74, 6) is 0.438. The van der Waals surface area contributed by atoms with Gasteiger partial charge in [-0.15, -0.1) is 0 Å². The summed E-state index contributed by atoms with van der Waals surface area (Å²) >= 11 is 23.6. The lowest BCUT2D eigenvalue weighted by molar-refractivity contribution is -0.122. The summed E-state index contributed by atoms with van der Waals surface area (Å²) < 4.78 is 3.52. The van der Waals surface area contributed by atoms with Gasteiger partial charge in [0, 0.05) is 6.42 Å².